The molecule has 0 aliphatic carbocycles. The maximum Gasteiger partial charge on any atom is 0.335 e. The first kappa shape index (κ1) is 16.2. The van der Waals surface area contributed by atoms with Crippen LogP contribution in [0.4, 0.5) is 0 Å². The van der Waals surface area contributed by atoms with Crippen LogP contribution in [0.5, 0.6) is 5.75 Å². The molecule has 2 aromatic carbocycles. The largest absolute Gasteiger partial charge is 0.478 e. The van der Waals surface area contributed by atoms with Crippen molar-refractivity contribution in [3.63, 3.8) is 0 Å². The summed E-state index contributed by atoms with van der Waals surface area (Å²) in [5, 5.41) is 9.10. The van der Waals surface area contributed by atoms with E-state index in [1.54, 1.807) is 0 Å². The molecular weight excluding hydrogens is 308 g/mol. The lowest BCUT2D eigenvalue weighted by atomic mass is 9.92. The van der Waals surface area contributed by atoms with E-state index in [1.807, 2.05) is 44.2 Å². The zero-order valence-corrected chi connectivity index (χ0v) is 13.5. The monoisotopic (exact) mass is 326 g/mol. The smallest absolute Gasteiger partial charge is 0.335 e. The molecule has 1 atom stereocenters. The number of ketones is 1. The molecule has 0 saturated carbocycles. The van der Waals surface area contributed by atoms with Crippen LogP contribution < -0.4 is 4.74 Å². The molecule has 1 aliphatic heterocycles. The van der Waals surface area contributed by atoms with Gasteiger partial charge < -0.3 is 14.6 Å². The van der Waals surface area contributed by atoms with Crippen molar-refractivity contribution in [3.8, 4) is 5.75 Å². The Morgan fingerprint density at radius 2 is 1.92 bits per heavy atom. The summed E-state index contributed by atoms with van der Waals surface area (Å²) in [6, 6.07) is 13.6. The second-order valence-electron chi connectivity index (χ2n) is 6.00. The first-order chi connectivity index (χ1) is 11.4. The molecule has 5 nitrogen and oxygen atoms in total. The van der Waals surface area contributed by atoms with Crippen molar-refractivity contribution >= 4 is 11.8 Å². The summed E-state index contributed by atoms with van der Waals surface area (Å²) in [5.41, 5.74) is 1.08. The Kier molecular flexibility index (Phi) is 4.11. The van der Waals surface area contributed by atoms with Crippen molar-refractivity contribution in [2.45, 2.75) is 32.2 Å². The number of rotatable bonds is 4. The molecule has 0 aromatic heterocycles. The van der Waals surface area contributed by atoms with Crippen LogP contribution in [0.2, 0.25) is 0 Å². The van der Waals surface area contributed by atoms with Gasteiger partial charge in [0.25, 0.3) is 0 Å². The summed E-state index contributed by atoms with van der Waals surface area (Å²) in [7, 11) is 0. The summed E-state index contributed by atoms with van der Waals surface area (Å²) in [4.78, 5) is 23.8. The predicted octanol–water partition coefficient (Wildman–Crippen LogP) is 3.63. The van der Waals surface area contributed by atoms with Gasteiger partial charge in [-0.1, -0.05) is 30.3 Å². The normalized spacial score (nSPS) is 19.7. The van der Waals surface area contributed by atoms with E-state index in [-0.39, 0.29) is 29.4 Å². The minimum Gasteiger partial charge on any atom is -0.478 e. The molecule has 0 fully saturated rings. The van der Waals surface area contributed by atoms with Crippen LogP contribution in [-0.4, -0.2) is 23.0 Å². The van der Waals surface area contributed by atoms with Gasteiger partial charge in [-0.25, -0.2) is 4.79 Å². The first-order valence-electron chi connectivity index (χ1n) is 7.74. The first-order valence-corrected chi connectivity index (χ1v) is 7.74. The van der Waals surface area contributed by atoms with Gasteiger partial charge in [0.15, 0.2) is 5.78 Å². The molecule has 24 heavy (non-hydrogen) atoms. The number of benzene rings is 2. The number of hydrogen-bond donors (Lipinski definition) is 1. The Morgan fingerprint density at radius 1 is 1.21 bits per heavy atom. The Balaban J connectivity index is 2.08. The van der Waals surface area contributed by atoms with E-state index in [0.717, 1.165) is 5.56 Å². The minimum absolute atomic E-state index is 0.00866. The van der Waals surface area contributed by atoms with Crippen molar-refractivity contribution in [2.24, 2.45) is 0 Å². The molecule has 0 radical (unpaired) electrons. The van der Waals surface area contributed by atoms with Crippen LogP contribution in [-0.2, 0) is 10.5 Å². The molecule has 1 aliphatic rings. The number of carboxylic acid groups (broad SMARTS) is 1. The highest BCUT2D eigenvalue weighted by molar-refractivity contribution is 6.02. The Bertz CT molecular complexity index is 782. The third kappa shape index (κ3) is 2.90. The van der Waals surface area contributed by atoms with Gasteiger partial charge in [0.1, 0.15) is 5.75 Å². The lowest BCUT2D eigenvalue weighted by molar-refractivity contribution is -0.213. The average molecular weight is 326 g/mol. The van der Waals surface area contributed by atoms with E-state index in [1.165, 1.54) is 18.2 Å². The zero-order valence-electron chi connectivity index (χ0n) is 13.5. The number of carboxylic acids is 1. The second kappa shape index (κ2) is 6.09. The van der Waals surface area contributed by atoms with Gasteiger partial charge >= 0.3 is 5.97 Å². The standard InChI is InChI=1S/C19H18O5/c1-12(2)23-19(14-6-4-3-5-7-14)11-16(20)15-10-13(18(21)22)8-9-17(15)24-19/h3-10,12H,11H2,1-2H3,(H,21,22). The third-order valence-corrected chi connectivity index (χ3v) is 3.83. The summed E-state index contributed by atoms with van der Waals surface area (Å²) in [6.07, 6.45) is -0.163. The number of Topliss-reactive ketones (excluding diaryl/α,β-unsaturated/α-hetero) is 1. The fourth-order valence-electron chi connectivity index (χ4n) is 2.86. The lowest BCUT2D eigenvalue weighted by Crippen LogP contribution is -2.43. The van der Waals surface area contributed by atoms with Crippen LogP contribution in [0.3, 0.4) is 0 Å². The number of carbonyl (C=O) groups is 2. The highest BCUT2D eigenvalue weighted by Crippen LogP contribution is 2.41. The van der Waals surface area contributed by atoms with Crippen LogP contribution >= 0.6 is 0 Å². The fraction of sp³-hybridized carbons (Fsp3) is 0.263. The topological polar surface area (TPSA) is 72.8 Å². The molecule has 2 aromatic rings. The minimum atomic E-state index is -1.20. The Labute approximate surface area is 139 Å². The van der Waals surface area contributed by atoms with Crippen LogP contribution in [0.1, 0.15) is 46.5 Å². The summed E-state index contributed by atoms with van der Waals surface area (Å²) >= 11 is 0. The quantitative estimate of drug-likeness (QED) is 0.929. The molecule has 0 amide bonds. The molecule has 1 unspecified atom stereocenters. The van der Waals surface area contributed by atoms with Crippen molar-refractivity contribution in [3.05, 3.63) is 65.2 Å². The van der Waals surface area contributed by atoms with Gasteiger partial charge in [-0.15, -0.1) is 0 Å². The highest BCUT2D eigenvalue weighted by Gasteiger charge is 2.44. The van der Waals surface area contributed by atoms with E-state index < -0.39 is 11.8 Å². The fourth-order valence-corrected chi connectivity index (χ4v) is 2.86. The molecule has 124 valence electrons. The third-order valence-electron chi connectivity index (χ3n) is 3.83. The van der Waals surface area contributed by atoms with E-state index in [4.69, 9.17) is 14.6 Å². The Hall–Kier alpha value is -2.66. The Morgan fingerprint density at radius 3 is 2.54 bits per heavy atom. The maximum absolute atomic E-state index is 12.7. The predicted molar refractivity (Wildman–Crippen MR) is 87.3 cm³/mol. The maximum atomic E-state index is 12.7. The number of carbonyl (C=O) groups excluding carboxylic acids is 1. The molecular formula is C19H18O5. The molecule has 0 spiro atoms. The number of hydrogen-bond acceptors (Lipinski definition) is 4. The van der Waals surface area contributed by atoms with Gasteiger partial charge in [0.2, 0.25) is 5.79 Å². The SMILES string of the molecule is CC(C)OC1(c2ccccc2)CC(=O)c2cc(C(=O)O)ccc2O1. The summed E-state index contributed by atoms with van der Waals surface area (Å²) in [5.74, 6) is -2.15. The van der Waals surface area contributed by atoms with Crippen LogP contribution in [0.25, 0.3) is 0 Å². The highest BCUT2D eigenvalue weighted by atomic mass is 16.7. The molecule has 0 bridgehead atoms. The van der Waals surface area contributed by atoms with Crippen molar-refractivity contribution < 1.29 is 24.2 Å². The molecule has 0 saturated heterocycles. The van der Waals surface area contributed by atoms with Crippen molar-refractivity contribution in [1.29, 1.82) is 0 Å². The van der Waals surface area contributed by atoms with Crippen molar-refractivity contribution in [1.82, 2.24) is 0 Å². The van der Waals surface area contributed by atoms with E-state index in [9.17, 15) is 9.59 Å². The van der Waals surface area contributed by atoms with Gasteiger partial charge in [-0.05, 0) is 32.0 Å². The second-order valence-corrected chi connectivity index (χ2v) is 6.00. The average Bonchev–Trinajstić information content (AvgIpc) is 2.54. The van der Waals surface area contributed by atoms with Crippen molar-refractivity contribution in [2.75, 3.05) is 0 Å². The molecule has 1 heterocycles. The summed E-state index contributed by atoms with van der Waals surface area (Å²) in [6.45, 7) is 3.75. The van der Waals surface area contributed by atoms with Gasteiger partial charge in [0, 0.05) is 5.56 Å². The van der Waals surface area contributed by atoms with E-state index >= 15 is 0 Å². The number of fused-ring (bicyclic) bond motifs is 1. The number of ether oxygens (including phenoxy) is 2. The van der Waals surface area contributed by atoms with E-state index in [2.05, 4.69) is 0 Å². The number of aromatic carboxylic acids is 1. The summed E-state index contributed by atoms with van der Waals surface area (Å²) < 4.78 is 12.1. The van der Waals surface area contributed by atoms with Crippen LogP contribution in [0, 0.1) is 0 Å². The van der Waals surface area contributed by atoms with Gasteiger partial charge in [-0.3, -0.25) is 4.79 Å². The van der Waals surface area contributed by atoms with Gasteiger partial charge in [0.05, 0.1) is 23.7 Å². The molecule has 5 heteroatoms. The van der Waals surface area contributed by atoms with E-state index in [0.29, 0.717) is 5.75 Å². The molecule has 3 rings (SSSR count). The van der Waals surface area contributed by atoms with Crippen LogP contribution in [0.15, 0.2) is 48.5 Å². The van der Waals surface area contributed by atoms with Gasteiger partial charge in [-0.2, -0.15) is 0 Å². The lowest BCUT2D eigenvalue weighted by Gasteiger charge is -2.39. The molecule has 1 N–H and O–H groups in total. The zero-order chi connectivity index (χ0) is 17.3.